The summed E-state index contributed by atoms with van der Waals surface area (Å²) in [7, 11) is 0. The van der Waals surface area contributed by atoms with E-state index >= 15 is 0 Å². The van der Waals surface area contributed by atoms with E-state index in [4.69, 9.17) is 0 Å². The second-order valence-electron chi connectivity index (χ2n) is 6.52. The van der Waals surface area contributed by atoms with Gasteiger partial charge in [-0.15, -0.1) is 0 Å². The Hall–Kier alpha value is -3.94. The maximum atomic E-state index is 14.9. The lowest BCUT2D eigenvalue weighted by Crippen LogP contribution is -2.23. The van der Waals surface area contributed by atoms with E-state index < -0.39 is 17.2 Å². The van der Waals surface area contributed by atoms with Crippen molar-refractivity contribution in [2.75, 3.05) is 0 Å². The quantitative estimate of drug-likeness (QED) is 0.474. The van der Waals surface area contributed by atoms with Crippen LogP contribution in [0.4, 0.5) is 8.78 Å². The third-order valence-electron chi connectivity index (χ3n) is 4.77. The minimum absolute atomic E-state index is 0.220. The fraction of sp³-hybridized carbons (Fsp3) is 0.0476. The smallest absolute Gasteiger partial charge is 0.270 e. The summed E-state index contributed by atoms with van der Waals surface area (Å²) >= 11 is 0. The molecule has 0 saturated carbocycles. The van der Waals surface area contributed by atoms with Gasteiger partial charge in [0.2, 0.25) is 0 Å². The number of fused-ring (bicyclic) bond motifs is 2. The van der Waals surface area contributed by atoms with Crippen molar-refractivity contribution in [2.24, 2.45) is 0 Å². The molecule has 142 valence electrons. The van der Waals surface area contributed by atoms with Gasteiger partial charge in [-0.05, 0) is 36.4 Å². The van der Waals surface area contributed by atoms with Gasteiger partial charge in [-0.3, -0.25) is 13.8 Å². The summed E-state index contributed by atoms with van der Waals surface area (Å²) in [6, 6.07) is 11.3. The summed E-state index contributed by atoms with van der Waals surface area (Å²) in [5, 5.41) is 0. The molecule has 0 unspecified atom stereocenters. The van der Waals surface area contributed by atoms with Crippen LogP contribution in [0.3, 0.4) is 0 Å². The highest BCUT2D eigenvalue weighted by Crippen LogP contribution is 2.26. The molecule has 8 heteroatoms. The molecule has 1 aromatic carbocycles. The lowest BCUT2D eigenvalue weighted by molar-refractivity contribution is 0.544. The summed E-state index contributed by atoms with van der Waals surface area (Å²) < 4.78 is 32.8. The van der Waals surface area contributed by atoms with Gasteiger partial charge in [0.1, 0.15) is 22.8 Å². The van der Waals surface area contributed by atoms with Crippen LogP contribution in [0.1, 0.15) is 5.56 Å². The van der Waals surface area contributed by atoms with Crippen LogP contribution in [-0.2, 0) is 6.54 Å². The van der Waals surface area contributed by atoms with Crippen molar-refractivity contribution in [2.45, 2.75) is 6.54 Å². The molecule has 6 nitrogen and oxygen atoms in total. The molecule has 0 spiro atoms. The van der Waals surface area contributed by atoms with Crippen LogP contribution in [0.25, 0.3) is 28.1 Å². The maximum absolute atomic E-state index is 14.9. The van der Waals surface area contributed by atoms with Gasteiger partial charge in [-0.1, -0.05) is 6.07 Å². The van der Waals surface area contributed by atoms with Crippen LogP contribution in [-0.4, -0.2) is 23.9 Å². The van der Waals surface area contributed by atoms with Crippen molar-refractivity contribution in [1.82, 2.24) is 23.9 Å². The number of hydrogen-bond donors (Lipinski definition) is 0. The molecule has 0 aliphatic rings. The van der Waals surface area contributed by atoms with Crippen LogP contribution < -0.4 is 5.56 Å². The van der Waals surface area contributed by atoms with Crippen molar-refractivity contribution in [3.05, 3.63) is 94.8 Å². The van der Waals surface area contributed by atoms with Crippen LogP contribution in [0.5, 0.6) is 0 Å². The Kier molecular flexibility index (Phi) is 3.90. The average Bonchev–Trinajstić information content (AvgIpc) is 3.16. The van der Waals surface area contributed by atoms with Gasteiger partial charge in [-0.25, -0.2) is 23.7 Å². The van der Waals surface area contributed by atoms with Crippen LogP contribution >= 0.6 is 0 Å². The molecule has 4 aromatic heterocycles. The Bertz CT molecular complexity index is 1420. The van der Waals surface area contributed by atoms with Gasteiger partial charge in [0.15, 0.2) is 5.65 Å². The van der Waals surface area contributed by atoms with E-state index in [1.165, 1.54) is 22.9 Å². The van der Waals surface area contributed by atoms with E-state index in [0.29, 0.717) is 22.4 Å². The maximum Gasteiger partial charge on any atom is 0.270 e. The minimum Gasteiger partial charge on any atom is -0.300 e. The van der Waals surface area contributed by atoms with Crippen LogP contribution in [0.2, 0.25) is 0 Å². The monoisotopic (exact) mass is 389 g/mol. The summed E-state index contributed by atoms with van der Waals surface area (Å²) in [6.45, 7) is -0.292. The molecule has 0 saturated heterocycles. The van der Waals surface area contributed by atoms with E-state index in [1.54, 1.807) is 35.0 Å². The SMILES string of the molecule is O=c1cnc2cccnc2n1Cc1c(F)cc(-c2cnc3ccccn23)cc1F. The molecule has 0 atom stereocenters. The second-order valence-corrected chi connectivity index (χ2v) is 6.52. The Labute approximate surface area is 162 Å². The second kappa shape index (κ2) is 6.59. The summed E-state index contributed by atoms with van der Waals surface area (Å²) in [4.78, 5) is 24.7. The zero-order valence-electron chi connectivity index (χ0n) is 15.0. The van der Waals surface area contributed by atoms with Gasteiger partial charge in [-0.2, -0.15) is 0 Å². The molecule has 0 aliphatic carbocycles. The van der Waals surface area contributed by atoms with E-state index in [2.05, 4.69) is 15.0 Å². The number of pyridine rings is 2. The molecular weight excluding hydrogens is 376 g/mol. The third kappa shape index (κ3) is 2.85. The highest BCUT2D eigenvalue weighted by atomic mass is 19.1. The van der Waals surface area contributed by atoms with E-state index in [9.17, 15) is 13.6 Å². The van der Waals surface area contributed by atoms with Gasteiger partial charge >= 0.3 is 0 Å². The predicted molar refractivity (Wildman–Crippen MR) is 103 cm³/mol. The lowest BCUT2D eigenvalue weighted by atomic mass is 10.1. The predicted octanol–water partition coefficient (Wildman–Crippen LogP) is 3.43. The van der Waals surface area contributed by atoms with Crippen molar-refractivity contribution in [3.63, 3.8) is 0 Å². The molecule has 5 rings (SSSR count). The summed E-state index contributed by atoms with van der Waals surface area (Å²) in [5.74, 6) is -1.50. The summed E-state index contributed by atoms with van der Waals surface area (Å²) in [5.41, 5.74) is 1.63. The Balaban J connectivity index is 1.62. The van der Waals surface area contributed by atoms with Crippen molar-refractivity contribution in [3.8, 4) is 11.3 Å². The molecule has 0 amide bonds. The van der Waals surface area contributed by atoms with Crippen LogP contribution in [0, 0.1) is 11.6 Å². The molecule has 0 bridgehead atoms. The molecule has 0 radical (unpaired) electrons. The zero-order chi connectivity index (χ0) is 20.0. The number of nitrogens with zero attached hydrogens (tertiary/aromatic N) is 5. The van der Waals surface area contributed by atoms with E-state index in [-0.39, 0.29) is 17.8 Å². The first-order valence-corrected chi connectivity index (χ1v) is 8.83. The van der Waals surface area contributed by atoms with Gasteiger partial charge in [0, 0.05) is 23.5 Å². The fourth-order valence-electron chi connectivity index (χ4n) is 3.36. The van der Waals surface area contributed by atoms with E-state index in [0.717, 1.165) is 6.20 Å². The van der Waals surface area contributed by atoms with Gasteiger partial charge < -0.3 is 0 Å². The third-order valence-corrected chi connectivity index (χ3v) is 4.77. The minimum atomic E-state index is -0.751. The standard InChI is InChI=1S/C21H13F2N5O/c22-15-8-13(18-10-26-19-5-1-2-7-27(18)19)9-16(23)14(15)12-28-20(29)11-25-17-4-3-6-24-21(17)28/h1-11H,12H2. The molecule has 5 aromatic rings. The number of imidazole rings is 1. The molecule has 4 heterocycles. The Morgan fingerprint density at radius 2 is 1.76 bits per heavy atom. The Morgan fingerprint density at radius 3 is 2.59 bits per heavy atom. The average molecular weight is 389 g/mol. The molecule has 0 aliphatic heterocycles. The number of benzene rings is 1. The molecule has 0 N–H and O–H groups in total. The largest absolute Gasteiger partial charge is 0.300 e. The summed E-state index contributed by atoms with van der Waals surface area (Å²) in [6.07, 6.45) is 5.96. The number of hydrogen-bond acceptors (Lipinski definition) is 4. The number of halogens is 2. The Morgan fingerprint density at radius 1 is 0.931 bits per heavy atom. The molecular formula is C21H13F2N5O. The van der Waals surface area contributed by atoms with Crippen molar-refractivity contribution < 1.29 is 8.78 Å². The van der Waals surface area contributed by atoms with Crippen LogP contribution in [0.15, 0.2) is 72.0 Å². The fourth-order valence-corrected chi connectivity index (χ4v) is 3.36. The first kappa shape index (κ1) is 17.2. The molecule has 0 fully saturated rings. The lowest BCUT2D eigenvalue weighted by Gasteiger charge is -2.12. The highest BCUT2D eigenvalue weighted by Gasteiger charge is 2.17. The number of aromatic nitrogens is 5. The first-order chi connectivity index (χ1) is 14.1. The topological polar surface area (TPSA) is 65.1 Å². The molecule has 29 heavy (non-hydrogen) atoms. The van der Waals surface area contributed by atoms with E-state index in [1.807, 2.05) is 12.1 Å². The first-order valence-electron chi connectivity index (χ1n) is 8.83. The number of rotatable bonds is 3. The normalized spacial score (nSPS) is 11.4. The highest BCUT2D eigenvalue weighted by molar-refractivity contribution is 5.69. The zero-order valence-corrected chi connectivity index (χ0v) is 15.0. The van der Waals surface area contributed by atoms with Gasteiger partial charge in [0.25, 0.3) is 5.56 Å². The van der Waals surface area contributed by atoms with Crippen molar-refractivity contribution in [1.29, 1.82) is 0 Å². The van der Waals surface area contributed by atoms with Crippen molar-refractivity contribution >= 4 is 16.8 Å². The van der Waals surface area contributed by atoms with Gasteiger partial charge in [0.05, 0.1) is 24.6 Å².